The first-order chi connectivity index (χ1) is 11.0. The molecule has 0 unspecified atom stereocenters. The molecule has 0 spiro atoms. The summed E-state index contributed by atoms with van der Waals surface area (Å²) in [4.78, 5) is 33.0. The number of ether oxygens (including phenoxy) is 1. The van der Waals surface area contributed by atoms with Gasteiger partial charge in [-0.2, -0.15) is 0 Å². The highest BCUT2D eigenvalue weighted by Gasteiger charge is 2.41. The summed E-state index contributed by atoms with van der Waals surface area (Å²) in [5.74, 6) is -0.455. The maximum atomic E-state index is 12.6. The Hall–Kier alpha value is -2.18. The predicted octanol–water partition coefficient (Wildman–Crippen LogP) is 1.44. The number of hydrogen-bond acceptors (Lipinski definition) is 5. The van der Waals surface area contributed by atoms with Crippen LogP contribution in [0, 0.1) is 0 Å². The number of methoxy groups -OCH3 is 1. The van der Waals surface area contributed by atoms with Crippen LogP contribution >= 0.6 is 0 Å². The maximum absolute atomic E-state index is 12.6. The van der Waals surface area contributed by atoms with Crippen molar-refractivity contribution in [2.45, 2.75) is 57.5 Å². The highest BCUT2D eigenvalue weighted by Crippen LogP contribution is 2.29. The standard InChI is InChI=1S/C16H24N4O3/c1-11(2)19-14(22)16(7-5-4-6-8-16)20-13(21)12-9-17-15(23-3)18-10-12/h9-11H,4-8H2,1-3H3,(H,19,22)(H,20,21). The third-order valence-corrected chi connectivity index (χ3v) is 3.99. The predicted molar refractivity (Wildman–Crippen MR) is 85.1 cm³/mol. The lowest BCUT2D eigenvalue weighted by atomic mass is 9.80. The van der Waals surface area contributed by atoms with Crippen molar-refractivity contribution < 1.29 is 14.3 Å². The zero-order valence-corrected chi connectivity index (χ0v) is 13.9. The van der Waals surface area contributed by atoms with Crippen molar-refractivity contribution in [3.63, 3.8) is 0 Å². The first-order valence-corrected chi connectivity index (χ1v) is 7.96. The Morgan fingerprint density at radius 2 is 1.78 bits per heavy atom. The van der Waals surface area contributed by atoms with Gasteiger partial charge in [-0.05, 0) is 26.7 Å². The molecule has 1 aliphatic carbocycles. The zero-order chi connectivity index (χ0) is 16.9. The van der Waals surface area contributed by atoms with E-state index in [1.807, 2.05) is 13.8 Å². The maximum Gasteiger partial charge on any atom is 0.316 e. The first-order valence-electron chi connectivity index (χ1n) is 7.96. The fraction of sp³-hybridized carbons (Fsp3) is 0.625. The topological polar surface area (TPSA) is 93.2 Å². The largest absolute Gasteiger partial charge is 0.467 e. The van der Waals surface area contributed by atoms with Crippen LogP contribution in [0.4, 0.5) is 0 Å². The molecular formula is C16H24N4O3. The summed E-state index contributed by atoms with van der Waals surface area (Å²) in [5, 5.41) is 5.84. The summed E-state index contributed by atoms with van der Waals surface area (Å²) >= 11 is 0. The Morgan fingerprint density at radius 1 is 1.17 bits per heavy atom. The number of carbonyl (C=O) groups excluding carboxylic acids is 2. The van der Waals surface area contributed by atoms with Crippen LogP contribution in [0.1, 0.15) is 56.3 Å². The van der Waals surface area contributed by atoms with Crippen LogP contribution in [-0.2, 0) is 4.79 Å². The molecule has 126 valence electrons. The molecule has 1 aromatic heterocycles. The molecule has 7 heteroatoms. The van der Waals surface area contributed by atoms with Gasteiger partial charge in [-0.25, -0.2) is 9.97 Å². The second-order valence-electron chi connectivity index (χ2n) is 6.18. The van der Waals surface area contributed by atoms with E-state index in [9.17, 15) is 9.59 Å². The average molecular weight is 320 g/mol. The summed E-state index contributed by atoms with van der Waals surface area (Å²) in [5.41, 5.74) is -0.535. The molecule has 2 N–H and O–H groups in total. The zero-order valence-electron chi connectivity index (χ0n) is 13.9. The molecule has 1 aliphatic rings. The molecule has 1 saturated carbocycles. The van der Waals surface area contributed by atoms with E-state index in [4.69, 9.17) is 4.74 Å². The molecule has 0 aromatic carbocycles. The number of amides is 2. The lowest BCUT2D eigenvalue weighted by Crippen LogP contribution is -2.60. The Balaban J connectivity index is 2.16. The molecular weight excluding hydrogens is 296 g/mol. The summed E-state index contributed by atoms with van der Waals surface area (Å²) in [7, 11) is 1.46. The Bertz CT molecular complexity index is 551. The van der Waals surface area contributed by atoms with E-state index in [1.165, 1.54) is 19.5 Å². The van der Waals surface area contributed by atoms with Crippen molar-refractivity contribution >= 4 is 11.8 Å². The molecule has 1 heterocycles. The van der Waals surface area contributed by atoms with Crippen LogP contribution in [0.3, 0.4) is 0 Å². The summed E-state index contributed by atoms with van der Waals surface area (Å²) in [6.07, 6.45) is 7.02. The van der Waals surface area contributed by atoms with Crippen molar-refractivity contribution in [3.8, 4) is 6.01 Å². The molecule has 0 aliphatic heterocycles. The van der Waals surface area contributed by atoms with E-state index in [-0.39, 0.29) is 23.9 Å². The Kier molecular flexibility index (Phi) is 5.52. The quantitative estimate of drug-likeness (QED) is 0.856. The fourth-order valence-corrected chi connectivity index (χ4v) is 2.79. The van der Waals surface area contributed by atoms with E-state index < -0.39 is 5.54 Å². The minimum Gasteiger partial charge on any atom is -0.467 e. The normalized spacial score (nSPS) is 16.7. The molecule has 23 heavy (non-hydrogen) atoms. The molecule has 0 atom stereocenters. The van der Waals surface area contributed by atoms with Crippen molar-refractivity contribution in [1.29, 1.82) is 0 Å². The SMILES string of the molecule is COc1ncc(C(=O)NC2(C(=O)NC(C)C)CCCCC2)cn1. The van der Waals surface area contributed by atoms with Gasteiger partial charge in [0.25, 0.3) is 5.91 Å². The number of nitrogens with one attached hydrogen (secondary N) is 2. The molecule has 7 nitrogen and oxygen atoms in total. The van der Waals surface area contributed by atoms with E-state index in [1.54, 1.807) is 0 Å². The number of nitrogens with zero attached hydrogens (tertiary/aromatic N) is 2. The van der Waals surface area contributed by atoms with Crippen LogP contribution in [-0.4, -0.2) is 40.5 Å². The average Bonchev–Trinajstić information content (AvgIpc) is 2.55. The summed E-state index contributed by atoms with van der Waals surface area (Å²) in [6.45, 7) is 3.82. The van der Waals surface area contributed by atoms with Crippen molar-refractivity contribution in [2.24, 2.45) is 0 Å². The van der Waals surface area contributed by atoms with Crippen LogP contribution in [0.5, 0.6) is 6.01 Å². The molecule has 2 rings (SSSR count). The highest BCUT2D eigenvalue weighted by molar-refractivity contribution is 5.99. The third kappa shape index (κ3) is 4.18. The second-order valence-corrected chi connectivity index (χ2v) is 6.18. The molecule has 0 saturated heterocycles. The third-order valence-electron chi connectivity index (χ3n) is 3.99. The van der Waals surface area contributed by atoms with Crippen LogP contribution in [0.15, 0.2) is 12.4 Å². The van der Waals surface area contributed by atoms with Crippen molar-refractivity contribution in [3.05, 3.63) is 18.0 Å². The fourth-order valence-electron chi connectivity index (χ4n) is 2.79. The van der Waals surface area contributed by atoms with Gasteiger partial charge in [-0.1, -0.05) is 19.3 Å². The van der Waals surface area contributed by atoms with Crippen LogP contribution in [0.25, 0.3) is 0 Å². The molecule has 1 fully saturated rings. The van der Waals surface area contributed by atoms with Gasteiger partial charge in [0.1, 0.15) is 5.54 Å². The lowest BCUT2D eigenvalue weighted by molar-refractivity contribution is -0.129. The number of aromatic nitrogens is 2. The van der Waals surface area contributed by atoms with Gasteiger partial charge in [0.2, 0.25) is 5.91 Å². The van der Waals surface area contributed by atoms with Gasteiger partial charge >= 0.3 is 6.01 Å². The van der Waals surface area contributed by atoms with Gasteiger partial charge in [0.15, 0.2) is 0 Å². The minimum absolute atomic E-state index is 0.0301. The molecule has 0 radical (unpaired) electrons. The van der Waals surface area contributed by atoms with Gasteiger partial charge in [0, 0.05) is 18.4 Å². The van der Waals surface area contributed by atoms with Crippen molar-refractivity contribution in [2.75, 3.05) is 7.11 Å². The lowest BCUT2D eigenvalue weighted by Gasteiger charge is -2.37. The first kappa shape index (κ1) is 17.2. The second kappa shape index (κ2) is 7.39. The van der Waals surface area contributed by atoms with Gasteiger partial charge in [-0.3, -0.25) is 9.59 Å². The summed E-state index contributed by atoms with van der Waals surface area (Å²) < 4.78 is 4.88. The van der Waals surface area contributed by atoms with E-state index in [2.05, 4.69) is 20.6 Å². The van der Waals surface area contributed by atoms with Crippen molar-refractivity contribution in [1.82, 2.24) is 20.6 Å². The molecule has 1 aromatic rings. The Morgan fingerprint density at radius 3 is 2.30 bits per heavy atom. The van der Waals surface area contributed by atoms with Crippen LogP contribution in [0.2, 0.25) is 0 Å². The number of rotatable bonds is 5. The van der Waals surface area contributed by atoms with Crippen LogP contribution < -0.4 is 15.4 Å². The monoisotopic (exact) mass is 320 g/mol. The van der Waals surface area contributed by atoms with E-state index in [0.717, 1.165) is 19.3 Å². The van der Waals surface area contributed by atoms with E-state index >= 15 is 0 Å². The van der Waals surface area contributed by atoms with Gasteiger partial charge in [-0.15, -0.1) is 0 Å². The smallest absolute Gasteiger partial charge is 0.316 e. The molecule has 2 amide bonds. The number of carbonyl (C=O) groups is 2. The molecule has 0 bridgehead atoms. The number of hydrogen-bond donors (Lipinski definition) is 2. The Labute approximate surface area is 136 Å². The van der Waals surface area contributed by atoms with Gasteiger partial charge < -0.3 is 15.4 Å². The minimum atomic E-state index is -0.848. The highest BCUT2D eigenvalue weighted by atomic mass is 16.5. The van der Waals surface area contributed by atoms with Gasteiger partial charge in [0.05, 0.1) is 12.7 Å². The summed E-state index contributed by atoms with van der Waals surface area (Å²) in [6, 6.07) is 0.231. The van der Waals surface area contributed by atoms with E-state index in [0.29, 0.717) is 18.4 Å².